The Morgan fingerprint density at radius 2 is 1.95 bits per heavy atom. The van der Waals surface area contributed by atoms with Crippen LogP contribution in [0.5, 0.6) is 0 Å². The fourth-order valence-corrected chi connectivity index (χ4v) is 2.20. The van der Waals surface area contributed by atoms with Gasteiger partial charge in [0, 0.05) is 7.11 Å². The van der Waals surface area contributed by atoms with Crippen LogP contribution >= 0.6 is 0 Å². The predicted octanol–water partition coefficient (Wildman–Crippen LogP) is 0.970. The lowest BCUT2D eigenvalue weighted by Crippen LogP contribution is -2.60. The molecule has 1 aliphatic rings. The molecule has 3 N–H and O–H groups in total. The van der Waals surface area contributed by atoms with Gasteiger partial charge in [0.05, 0.1) is 0 Å². The Morgan fingerprint density at radius 3 is 2.38 bits per heavy atom. The lowest BCUT2D eigenvalue weighted by Gasteiger charge is -2.44. The van der Waals surface area contributed by atoms with Crippen LogP contribution in [0.2, 0.25) is 0 Å². The third-order valence-electron chi connectivity index (χ3n) is 3.13. The first-order valence-electron chi connectivity index (χ1n) is 7.02. The summed E-state index contributed by atoms with van der Waals surface area (Å²) in [6.45, 7) is 9.56. The Labute approximate surface area is 126 Å². The van der Waals surface area contributed by atoms with Crippen molar-refractivity contribution < 1.29 is 24.1 Å². The molecule has 0 saturated carbocycles. The molecule has 0 aromatic carbocycles. The van der Waals surface area contributed by atoms with Gasteiger partial charge in [0.15, 0.2) is 11.9 Å². The normalized spacial score (nSPS) is 31.3. The second kappa shape index (κ2) is 6.44. The van der Waals surface area contributed by atoms with Crippen LogP contribution in [0, 0.1) is 5.41 Å². The van der Waals surface area contributed by atoms with Crippen molar-refractivity contribution in [2.24, 2.45) is 11.1 Å². The van der Waals surface area contributed by atoms with E-state index >= 15 is 0 Å². The number of methoxy groups -OCH3 is 1. The van der Waals surface area contributed by atoms with Gasteiger partial charge in [0.2, 0.25) is 5.91 Å². The third kappa shape index (κ3) is 5.07. The number of primary amides is 1. The molecule has 0 aromatic heterocycles. The number of aliphatic hydroxyl groups is 1. The third-order valence-corrected chi connectivity index (χ3v) is 3.13. The minimum Gasteiger partial charge on any atom is -0.387 e. The van der Waals surface area contributed by atoms with Crippen LogP contribution in [0.4, 0.5) is 0 Å². The number of carbonyl (C=O) groups excluding carboxylic acids is 1. The van der Waals surface area contributed by atoms with Crippen molar-refractivity contribution in [2.75, 3.05) is 7.11 Å². The molecule has 0 spiro atoms. The zero-order valence-corrected chi connectivity index (χ0v) is 13.6. The van der Waals surface area contributed by atoms with Crippen molar-refractivity contribution in [3.05, 3.63) is 12.2 Å². The van der Waals surface area contributed by atoms with Crippen molar-refractivity contribution >= 4 is 5.91 Å². The van der Waals surface area contributed by atoms with Gasteiger partial charge in [-0.2, -0.15) is 0 Å². The minimum absolute atomic E-state index is 0.0502. The molecule has 1 heterocycles. The zero-order valence-electron chi connectivity index (χ0n) is 13.6. The van der Waals surface area contributed by atoms with Crippen LogP contribution in [0.3, 0.4) is 0 Å². The smallest absolute Gasteiger partial charge is 0.249 e. The number of hydrogen-bond acceptors (Lipinski definition) is 5. The standard InChI is InChI=1S/C15H27NO5/c1-14(2,3)8-7-9-10(17)11(12(19-6)13(16)18)21-15(4,5)20-9/h7-12,17H,1-6H3,(H2,16,18)/b8-7+/t9-,10+,11-,12?/m1/s1. The summed E-state index contributed by atoms with van der Waals surface area (Å²) >= 11 is 0. The van der Waals surface area contributed by atoms with Crippen molar-refractivity contribution in [1.29, 1.82) is 0 Å². The summed E-state index contributed by atoms with van der Waals surface area (Å²) in [5, 5.41) is 10.4. The maximum absolute atomic E-state index is 11.5. The molecule has 21 heavy (non-hydrogen) atoms. The van der Waals surface area contributed by atoms with Gasteiger partial charge in [0.25, 0.3) is 0 Å². The highest BCUT2D eigenvalue weighted by Crippen LogP contribution is 2.31. The monoisotopic (exact) mass is 301 g/mol. The Hall–Kier alpha value is -0.950. The van der Waals surface area contributed by atoms with Crippen LogP contribution < -0.4 is 5.73 Å². The summed E-state index contributed by atoms with van der Waals surface area (Å²) < 4.78 is 16.4. The average molecular weight is 301 g/mol. The number of nitrogens with two attached hydrogens (primary N) is 1. The molecule has 4 atom stereocenters. The van der Waals surface area contributed by atoms with Gasteiger partial charge in [-0.1, -0.05) is 32.9 Å². The molecule has 0 radical (unpaired) electrons. The summed E-state index contributed by atoms with van der Waals surface area (Å²) in [5.74, 6) is -1.64. The van der Waals surface area contributed by atoms with E-state index in [9.17, 15) is 9.90 Å². The quantitative estimate of drug-likeness (QED) is 0.755. The molecule has 1 fully saturated rings. The van der Waals surface area contributed by atoms with Gasteiger partial charge in [-0.3, -0.25) is 4.79 Å². The van der Waals surface area contributed by atoms with E-state index in [1.165, 1.54) is 7.11 Å². The van der Waals surface area contributed by atoms with E-state index in [4.69, 9.17) is 19.9 Å². The van der Waals surface area contributed by atoms with Crippen molar-refractivity contribution in [2.45, 2.75) is 64.8 Å². The first-order valence-corrected chi connectivity index (χ1v) is 7.02. The molecular formula is C15H27NO5. The van der Waals surface area contributed by atoms with Crippen molar-refractivity contribution in [1.82, 2.24) is 0 Å². The Balaban J connectivity index is 3.01. The Bertz CT molecular complexity index is 399. The van der Waals surface area contributed by atoms with E-state index in [1.807, 2.05) is 26.8 Å². The fourth-order valence-electron chi connectivity index (χ4n) is 2.20. The molecule has 0 aromatic rings. The van der Waals surface area contributed by atoms with Gasteiger partial charge in [0.1, 0.15) is 18.3 Å². The van der Waals surface area contributed by atoms with E-state index in [0.717, 1.165) is 0 Å². The maximum atomic E-state index is 11.5. The summed E-state index contributed by atoms with van der Waals surface area (Å²) in [6, 6.07) is 0. The number of amides is 1. The van der Waals surface area contributed by atoms with Crippen LogP contribution in [-0.2, 0) is 19.0 Å². The topological polar surface area (TPSA) is 91.0 Å². The molecular weight excluding hydrogens is 274 g/mol. The minimum atomic E-state index is -1.05. The van der Waals surface area contributed by atoms with E-state index in [0.29, 0.717) is 0 Å². The van der Waals surface area contributed by atoms with E-state index < -0.39 is 36.1 Å². The van der Waals surface area contributed by atoms with Gasteiger partial charge in [-0.05, 0) is 19.3 Å². The molecule has 6 heteroatoms. The lowest BCUT2D eigenvalue weighted by atomic mass is 9.93. The molecule has 6 nitrogen and oxygen atoms in total. The van der Waals surface area contributed by atoms with Crippen LogP contribution in [0.25, 0.3) is 0 Å². The summed E-state index contributed by atoms with van der Waals surface area (Å²) in [6.07, 6.45) is 0.171. The highest BCUT2D eigenvalue weighted by molar-refractivity contribution is 5.79. The highest BCUT2D eigenvalue weighted by atomic mass is 16.7. The van der Waals surface area contributed by atoms with Crippen molar-refractivity contribution in [3.63, 3.8) is 0 Å². The van der Waals surface area contributed by atoms with E-state index in [1.54, 1.807) is 19.9 Å². The number of aliphatic hydroxyl groups excluding tert-OH is 1. The van der Waals surface area contributed by atoms with Crippen LogP contribution in [0.15, 0.2) is 12.2 Å². The molecule has 1 unspecified atom stereocenters. The van der Waals surface area contributed by atoms with Gasteiger partial charge in [-0.15, -0.1) is 0 Å². The van der Waals surface area contributed by atoms with E-state index in [2.05, 4.69) is 0 Å². The molecule has 1 aliphatic heterocycles. The van der Waals surface area contributed by atoms with Gasteiger partial charge >= 0.3 is 0 Å². The van der Waals surface area contributed by atoms with Gasteiger partial charge in [-0.25, -0.2) is 0 Å². The highest BCUT2D eigenvalue weighted by Gasteiger charge is 2.46. The maximum Gasteiger partial charge on any atom is 0.249 e. The molecule has 0 aliphatic carbocycles. The second-order valence-electron chi connectivity index (χ2n) is 6.84. The van der Waals surface area contributed by atoms with Crippen LogP contribution in [-0.4, -0.2) is 48.3 Å². The van der Waals surface area contributed by atoms with Crippen molar-refractivity contribution in [3.8, 4) is 0 Å². The summed E-state index contributed by atoms with van der Waals surface area (Å²) in [7, 11) is 1.36. The van der Waals surface area contributed by atoms with E-state index in [-0.39, 0.29) is 5.41 Å². The number of carbonyl (C=O) groups is 1. The second-order valence-corrected chi connectivity index (χ2v) is 6.84. The fraction of sp³-hybridized carbons (Fsp3) is 0.800. The zero-order chi connectivity index (χ0) is 16.4. The van der Waals surface area contributed by atoms with Gasteiger partial charge < -0.3 is 25.1 Å². The summed E-state index contributed by atoms with van der Waals surface area (Å²) in [4.78, 5) is 11.5. The Morgan fingerprint density at radius 1 is 1.38 bits per heavy atom. The summed E-state index contributed by atoms with van der Waals surface area (Å²) in [5.41, 5.74) is 5.25. The molecule has 0 bridgehead atoms. The number of hydrogen-bond donors (Lipinski definition) is 2. The van der Waals surface area contributed by atoms with Crippen LogP contribution in [0.1, 0.15) is 34.6 Å². The molecule has 1 saturated heterocycles. The molecule has 1 rings (SSSR count). The molecule has 1 amide bonds. The number of ether oxygens (including phenoxy) is 3. The SMILES string of the molecule is COC(C(N)=O)[C@@H]1OC(C)(C)O[C@H](/C=C/C(C)(C)C)[C@@H]1O. The molecule has 122 valence electrons. The number of allylic oxidation sites excluding steroid dienone is 1. The first kappa shape index (κ1) is 18.1. The lowest BCUT2D eigenvalue weighted by molar-refractivity contribution is -0.334. The average Bonchev–Trinajstić information content (AvgIpc) is 2.30. The largest absolute Gasteiger partial charge is 0.387 e. The number of rotatable bonds is 4. The Kier molecular flexibility index (Phi) is 5.55. The predicted molar refractivity (Wildman–Crippen MR) is 78.4 cm³/mol. The first-order chi connectivity index (χ1) is 9.47.